The smallest absolute Gasteiger partial charge is 0.118 e. The van der Waals surface area contributed by atoms with Crippen LogP contribution >= 0.6 is 0 Å². The summed E-state index contributed by atoms with van der Waals surface area (Å²) in [5, 5.41) is 11.1. The van der Waals surface area contributed by atoms with Crippen LogP contribution in [0.4, 0.5) is 0 Å². The molecule has 19 heavy (non-hydrogen) atoms. The van der Waals surface area contributed by atoms with Gasteiger partial charge in [-0.15, -0.1) is 0 Å². The van der Waals surface area contributed by atoms with E-state index in [0.29, 0.717) is 5.71 Å². The minimum atomic E-state index is -0.243. The van der Waals surface area contributed by atoms with Crippen LogP contribution in [-0.2, 0) is 4.74 Å². The van der Waals surface area contributed by atoms with E-state index in [1.165, 1.54) is 0 Å². The lowest BCUT2D eigenvalue weighted by Crippen LogP contribution is -2.25. The second-order valence-electron chi connectivity index (χ2n) is 4.55. The predicted molar refractivity (Wildman–Crippen MR) is 78.6 cm³/mol. The van der Waals surface area contributed by atoms with Crippen molar-refractivity contribution in [1.29, 1.82) is 5.41 Å². The fourth-order valence-corrected chi connectivity index (χ4v) is 2.07. The van der Waals surface area contributed by atoms with E-state index in [9.17, 15) is 0 Å². The van der Waals surface area contributed by atoms with Gasteiger partial charge >= 0.3 is 0 Å². The van der Waals surface area contributed by atoms with Gasteiger partial charge in [0.1, 0.15) is 6.10 Å². The van der Waals surface area contributed by atoms with Gasteiger partial charge in [0.2, 0.25) is 0 Å². The molecule has 0 aliphatic heterocycles. The molecule has 3 nitrogen and oxygen atoms in total. The quantitative estimate of drug-likeness (QED) is 0.822. The summed E-state index contributed by atoms with van der Waals surface area (Å²) in [6, 6.07) is 10.2. The predicted octanol–water partition coefficient (Wildman–Crippen LogP) is 2.87. The molecule has 0 bridgehead atoms. The molecule has 0 spiro atoms. The van der Waals surface area contributed by atoms with Gasteiger partial charge in [-0.05, 0) is 37.7 Å². The average molecular weight is 256 g/mol. The van der Waals surface area contributed by atoms with Gasteiger partial charge in [0.05, 0.1) is 11.8 Å². The number of ether oxygens (including phenoxy) is 1. The minimum absolute atomic E-state index is 0.00940. The maximum atomic E-state index is 7.90. The van der Waals surface area contributed by atoms with Crippen LogP contribution in [0.15, 0.2) is 54.6 Å². The van der Waals surface area contributed by atoms with Gasteiger partial charge in [-0.1, -0.05) is 42.5 Å². The molecule has 1 unspecified atom stereocenters. The third kappa shape index (κ3) is 3.88. The maximum Gasteiger partial charge on any atom is 0.118 e. The van der Waals surface area contributed by atoms with Crippen LogP contribution in [-0.4, -0.2) is 25.4 Å². The van der Waals surface area contributed by atoms with Crippen molar-refractivity contribution in [2.24, 2.45) is 0 Å². The molecule has 1 aliphatic rings. The minimum Gasteiger partial charge on any atom is -0.360 e. The number of rotatable bonds is 6. The molecule has 2 atom stereocenters. The lowest BCUT2D eigenvalue weighted by molar-refractivity contribution is 0.0395. The van der Waals surface area contributed by atoms with E-state index < -0.39 is 0 Å². The molecule has 1 aliphatic carbocycles. The van der Waals surface area contributed by atoms with Gasteiger partial charge in [-0.25, -0.2) is 0 Å². The molecule has 0 amide bonds. The van der Waals surface area contributed by atoms with Crippen molar-refractivity contribution in [2.75, 3.05) is 13.6 Å². The summed E-state index contributed by atoms with van der Waals surface area (Å²) in [5.74, 6) is 0. The highest BCUT2D eigenvalue weighted by Crippen LogP contribution is 2.24. The monoisotopic (exact) mass is 256 g/mol. The zero-order valence-electron chi connectivity index (χ0n) is 11.2. The topological polar surface area (TPSA) is 45.1 Å². The first kappa shape index (κ1) is 13.7. The van der Waals surface area contributed by atoms with Crippen LogP contribution in [0.3, 0.4) is 0 Å². The Bertz CT molecular complexity index is 465. The van der Waals surface area contributed by atoms with E-state index in [2.05, 4.69) is 17.4 Å². The van der Waals surface area contributed by atoms with Crippen LogP contribution in [0.25, 0.3) is 0 Å². The molecule has 3 heteroatoms. The zero-order valence-corrected chi connectivity index (χ0v) is 11.2. The fourth-order valence-electron chi connectivity index (χ4n) is 2.07. The zero-order chi connectivity index (χ0) is 13.5. The number of benzene rings is 1. The largest absolute Gasteiger partial charge is 0.360 e. The molecule has 0 saturated heterocycles. The standard InChI is InChI=1S/C16H20N2O/c1-18-12-11-15(13-7-3-2-4-8-13)19-16-10-6-5-9-14(16)17/h2-10,15-18H,11-12H2,1H3/t15-,16?/m1/s1. The summed E-state index contributed by atoms with van der Waals surface area (Å²) in [5.41, 5.74) is 1.67. The highest BCUT2D eigenvalue weighted by molar-refractivity contribution is 5.98. The van der Waals surface area contributed by atoms with Crippen molar-refractivity contribution < 1.29 is 4.74 Å². The van der Waals surface area contributed by atoms with E-state index in [1.807, 2.05) is 43.5 Å². The Hall–Kier alpha value is -1.71. The second kappa shape index (κ2) is 7.02. The van der Waals surface area contributed by atoms with Gasteiger partial charge in [0, 0.05) is 0 Å². The van der Waals surface area contributed by atoms with Crippen molar-refractivity contribution in [3.05, 3.63) is 60.2 Å². The average Bonchev–Trinajstić information content (AvgIpc) is 2.46. The fraction of sp³-hybridized carbons (Fsp3) is 0.312. The number of hydrogen-bond acceptors (Lipinski definition) is 3. The number of hydrogen-bond donors (Lipinski definition) is 2. The maximum absolute atomic E-state index is 7.90. The Kier molecular flexibility index (Phi) is 5.07. The van der Waals surface area contributed by atoms with Gasteiger partial charge < -0.3 is 15.5 Å². The molecular weight excluding hydrogens is 236 g/mol. The SMILES string of the molecule is CNCC[C@@H](OC1C=CC=CC1=N)c1ccccc1. The molecular formula is C16H20N2O. The number of nitrogens with one attached hydrogen (secondary N) is 2. The summed E-state index contributed by atoms with van der Waals surface area (Å²) in [7, 11) is 1.94. The third-order valence-corrected chi connectivity index (χ3v) is 3.12. The van der Waals surface area contributed by atoms with Crippen molar-refractivity contribution in [2.45, 2.75) is 18.6 Å². The molecule has 1 aromatic carbocycles. The van der Waals surface area contributed by atoms with Gasteiger partial charge in [-0.2, -0.15) is 0 Å². The lowest BCUT2D eigenvalue weighted by atomic mass is 10.0. The van der Waals surface area contributed by atoms with Crippen molar-refractivity contribution in [3.8, 4) is 0 Å². The molecule has 100 valence electrons. The summed E-state index contributed by atoms with van der Waals surface area (Å²) in [4.78, 5) is 0. The summed E-state index contributed by atoms with van der Waals surface area (Å²) in [6.45, 7) is 0.888. The molecule has 1 aromatic rings. The third-order valence-electron chi connectivity index (χ3n) is 3.12. The summed E-state index contributed by atoms with van der Waals surface area (Å²) in [6.07, 6.45) is 8.17. The molecule has 0 aromatic heterocycles. The van der Waals surface area contributed by atoms with Crippen LogP contribution < -0.4 is 5.32 Å². The Morgan fingerprint density at radius 2 is 2.05 bits per heavy atom. The van der Waals surface area contributed by atoms with Gasteiger partial charge in [0.15, 0.2) is 0 Å². The van der Waals surface area contributed by atoms with Gasteiger partial charge in [-0.3, -0.25) is 0 Å². The molecule has 2 N–H and O–H groups in total. The summed E-state index contributed by atoms with van der Waals surface area (Å²) >= 11 is 0. The van der Waals surface area contributed by atoms with Crippen molar-refractivity contribution >= 4 is 5.71 Å². The second-order valence-corrected chi connectivity index (χ2v) is 4.55. The molecule has 0 fully saturated rings. The van der Waals surface area contributed by atoms with E-state index >= 15 is 0 Å². The number of allylic oxidation sites excluding steroid dienone is 2. The lowest BCUT2D eigenvalue weighted by Gasteiger charge is -2.24. The molecule has 0 heterocycles. The van der Waals surface area contributed by atoms with Gasteiger partial charge in [0.25, 0.3) is 0 Å². The molecule has 0 saturated carbocycles. The van der Waals surface area contributed by atoms with Crippen molar-refractivity contribution in [3.63, 3.8) is 0 Å². The first-order chi connectivity index (χ1) is 9.31. The molecule has 0 radical (unpaired) electrons. The summed E-state index contributed by atoms with van der Waals surface area (Å²) < 4.78 is 6.09. The van der Waals surface area contributed by atoms with E-state index in [0.717, 1.165) is 18.5 Å². The van der Waals surface area contributed by atoms with E-state index in [-0.39, 0.29) is 12.2 Å². The highest BCUT2D eigenvalue weighted by atomic mass is 16.5. The Labute approximate surface area is 114 Å². The van der Waals surface area contributed by atoms with Crippen molar-refractivity contribution in [1.82, 2.24) is 5.32 Å². The Balaban J connectivity index is 2.08. The van der Waals surface area contributed by atoms with Crippen LogP contribution in [0, 0.1) is 5.41 Å². The Morgan fingerprint density at radius 1 is 1.26 bits per heavy atom. The Morgan fingerprint density at radius 3 is 2.74 bits per heavy atom. The van der Waals surface area contributed by atoms with Crippen LogP contribution in [0.5, 0.6) is 0 Å². The van der Waals surface area contributed by atoms with E-state index in [4.69, 9.17) is 10.1 Å². The van der Waals surface area contributed by atoms with E-state index in [1.54, 1.807) is 6.08 Å². The normalized spacial score (nSPS) is 19.6. The first-order valence-electron chi connectivity index (χ1n) is 6.59. The molecule has 2 rings (SSSR count). The van der Waals surface area contributed by atoms with Crippen LogP contribution in [0.2, 0.25) is 0 Å². The highest BCUT2D eigenvalue weighted by Gasteiger charge is 2.19. The van der Waals surface area contributed by atoms with Crippen LogP contribution in [0.1, 0.15) is 18.1 Å². The first-order valence-corrected chi connectivity index (χ1v) is 6.59.